The summed E-state index contributed by atoms with van der Waals surface area (Å²) in [4.78, 5) is 31.5. The van der Waals surface area contributed by atoms with Crippen LogP contribution in [0.1, 0.15) is 29.3 Å². The van der Waals surface area contributed by atoms with Crippen molar-refractivity contribution in [3.05, 3.63) is 57.0 Å². The van der Waals surface area contributed by atoms with Crippen molar-refractivity contribution in [3.63, 3.8) is 0 Å². The van der Waals surface area contributed by atoms with Gasteiger partial charge in [0.15, 0.2) is 0 Å². The summed E-state index contributed by atoms with van der Waals surface area (Å²) in [6.07, 6.45) is 5.71. The Kier molecular flexibility index (Phi) is 4.95. The summed E-state index contributed by atoms with van der Waals surface area (Å²) in [7, 11) is 0. The highest BCUT2D eigenvalue weighted by Crippen LogP contribution is 2.35. The largest absolute Gasteiger partial charge is 0.507 e. The van der Waals surface area contributed by atoms with Gasteiger partial charge in [-0.2, -0.15) is 5.10 Å². The summed E-state index contributed by atoms with van der Waals surface area (Å²) >= 11 is 1.59. The number of aromatic nitrogens is 2. The third-order valence-electron chi connectivity index (χ3n) is 4.93. The first kappa shape index (κ1) is 18.4. The number of benzene rings is 1. The fourth-order valence-corrected chi connectivity index (χ4v) is 4.78. The van der Waals surface area contributed by atoms with E-state index in [1.807, 2.05) is 0 Å². The zero-order valence-electron chi connectivity index (χ0n) is 15.4. The fraction of sp³-hybridized carbons (Fsp3) is 0.300. The van der Waals surface area contributed by atoms with Crippen LogP contribution in [0.2, 0.25) is 0 Å². The number of carbonyl (C=O) groups excluding carboxylic acids is 1. The molecular weight excluding hydrogens is 376 g/mol. The Hall–Kier alpha value is -3.00. The van der Waals surface area contributed by atoms with Gasteiger partial charge >= 0.3 is 0 Å². The van der Waals surface area contributed by atoms with Crippen molar-refractivity contribution in [1.29, 1.82) is 0 Å². The minimum Gasteiger partial charge on any atom is -0.507 e. The van der Waals surface area contributed by atoms with E-state index in [2.05, 4.69) is 22.4 Å². The second-order valence-electron chi connectivity index (χ2n) is 7.06. The van der Waals surface area contributed by atoms with Crippen LogP contribution in [0.25, 0.3) is 10.2 Å². The van der Waals surface area contributed by atoms with E-state index in [-0.39, 0.29) is 17.9 Å². The number of nitrogens with zero attached hydrogens (tertiary/aromatic N) is 3. The van der Waals surface area contributed by atoms with Gasteiger partial charge in [0, 0.05) is 10.4 Å². The highest BCUT2D eigenvalue weighted by Gasteiger charge is 2.23. The van der Waals surface area contributed by atoms with Crippen molar-refractivity contribution >= 4 is 33.7 Å². The molecule has 0 saturated heterocycles. The van der Waals surface area contributed by atoms with E-state index in [4.69, 9.17) is 0 Å². The predicted octanol–water partition coefficient (Wildman–Crippen LogP) is 2.44. The molecule has 144 valence electrons. The zero-order valence-corrected chi connectivity index (χ0v) is 16.2. The molecule has 0 aliphatic heterocycles. The molecule has 1 atom stereocenters. The Morgan fingerprint density at radius 2 is 2.29 bits per heavy atom. The van der Waals surface area contributed by atoms with Crippen LogP contribution in [0.3, 0.4) is 0 Å². The van der Waals surface area contributed by atoms with Crippen molar-refractivity contribution in [3.8, 4) is 5.75 Å². The number of rotatable bonds is 4. The summed E-state index contributed by atoms with van der Waals surface area (Å²) in [5.74, 6) is 0.256. The molecule has 1 aliphatic carbocycles. The Labute approximate surface area is 165 Å². The van der Waals surface area contributed by atoms with E-state index >= 15 is 0 Å². The first-order valence-electron chi connectivity index (χ1n) is 9.12. The van der Waals surface area contributed by atoms with Gasteiger partial charge in [0.05, 0.1) is 17.9 Å². The highest BCUT2D eigenvalue weighted by molar-refractivity contribution is 7.18. The maximum absolute atomic E-state index is 12.9. The zero-order chi connectivity index (χ0) is 19.7. The number of hydrogen-bond acceptors (Lipinski definition) is 6. The number of aryl methyl sites for hydroxylation is 1. The average Bonchev–Trinajstić information content (AvgIpc) is 3.04. The monoisotopic (exact) mass is 396 g/mol. The third-order valence-corrected chi connectivity index (χ3v) is 6.09. The van der Waals surface area contributed by atoms with E-state index in [1.54, 1.807) is 29.5 Å². The molecule has 2 N–H and O–H groups in total. The number of para-hydroxylation sites is 1. The number of amides is 1. The maximum Gasteiger partial charge on any atom is 0.262 e. The molecule has 0 fully saturated rings. The van der Waals surface area contributed by atoms with Gasteiger partial charge < -0.3 is 5.11 Å². The number of fused-ring (bicyclic) bond motifs is 3. The normalized spacial score (nSPS) is 16.4. The third kappa shape index (κ3) is 3.55. The molecule has 4 rings (SSSR count). The van der Waals surface area contributed by atoms with Crippen LogP contribution < -0.4 is 11.0 Å². The number of hydrogen-bond donors (Lipinski definition) is 2. The molecule has 1 amide bonds. The van der Waals surface area contributed by atoms with E-state index in [1.165, 1.54) is 28.1 Å². The number of carbonyl (C=O) groups is 1. The molecule has 1 aliphatic rings. The van der Waals surface area contributed by atoms with Crippen LogP contribution in [0.4, 0.5) is 0 Å². The lowest BCUT2D eigenvalue weighted by atomic mass is 9.89. The van der Waals surface area contributed by atoms with Gasteiger partial charge in [-0.25, -0.2) is 10.4 Å². The van der Waals surface area contributed by atoms with Gasteiger partial charge in [-0.3, -0.25) is 14.2 Å². The molecule has 0 radical (unpaired) electrons. The summed E-state index contributed by atoms with van der Waals surface area (Å²) in [5, 5.41) is 14.2. The number of phenols is 1. The SMILES string of the molecule is CC1CCc2c(sc3ncn(CC(=O)NN=Cc4ccccc4O)c(=O)c23)C1. The van der Waals surface area contributed by atoms with Crippen molar-refractivity contribution < 1.29 is 9.90 Å². The van der Waals surface area contributed by atoms with E-state index in [0.717, 1.165) is 29.7 Å². The summed E-state index contributed by atoms with van der Waals surface area (Å²) in [5.41, 5.74) is 3.78. The number of phenolic OH excluding ortho intramolecular Hbond substituents is 1. The predicted molar refractivity (Wildman–Crippen MR) is 109 cm³/mol. The number of thiophene rings is 1. The van der Waals surface area contributed by atoms with Crippen LogP contribution in [-0.2, 0) is 24.2 Å². The molecule has 0 spiro atoms. The van der Waals surface area contributed by atoms with Crippen molar-refractivity contribution in [2.24, 2.45) is 11.0 Å². The summed E-state index contributed by atoms with van der Waals surface area (Å²) < 4.78 is 1.32. The topological polar surface area (TPSA) is 96.6 Å². The van der Waals surface area contributed by atoms with Gasteiger partial charge in [0.1, 0.15) is 17.1 Å². The van der Waals surface area contributed by atoms with Crippen molar-refractivity contribution in [2.45, 2.75) is 32.7 Å². The Balaban J connectivity index is 1.52. The Morgan fingerprint density at radius 1 is 1.46 bits per heavy atom. The van der Waals surface area contributed by atoms with Gasteiger partial charge in [-0.15, -0.1) is 11.3 Å². The van der Waals surface area contributed by atoms with Gasteiger partial charge in [0.25, 0.3) is 11.5 Å². The van der Waals surface area contributed by atoms with Crippen LogP contribution >= 0.6 is 11.3 Å². The Bertz CT molecular complexity index is 1130. The minimum atomic E-state index is -0.437. The van der Waals surface area contributed by atoms with Crippen LogP contribution in [0.5, 0.6) is 5.75 Å². The lowest BCUT2D eigenvalue weighted by Crippen LogP contribution is -2.30. The van der Waals surface area contributed by atoms with E-state index in [9.17, 15) is 14.7 Å². The Morgan fingerprint density at radius 3 is 3.11 bits per heavy atom. The molecular formula is C20H20N4O3S. The second kappa shape index (κ2) is 7.55. The van der Waals surface area contributed by atoms with Gasteiger partial charge in [-0.05, 0) is 42.9 Å². The number of hydrazone groups is 1. The second-order valence-corrected chi connectivity index (χ2v) is 8.15. The minimum absolute atomic E-state index is 0.0721. The average molecular weight is 396 g/mol. The lowest BCUT2D eigenvalue weighted by molar-refractivity contribution is -0.121. The molecule has 8 heteroatoms. The number of aromatic hydroxyl groups is 1. The molecule has 2 aromatic heterocycles. The maximum atomic E-state index is 12.9. The standard InChI is InChI=1S/C20H20N4O3S/c1-12-6-7-14-16(8-12)28-19-18(14)20(27)24(11-21-19)10-17(26)23-22-9-13-4-2-3-5-15(13)25/h2-5,9,11-12,25H,6-8,10H2,1H3,(H,23,26). The lowest BCUT2D eigenvalue weighted by Gasteiger charge is -2.17. The molecule has 1 unspecified atom stereocenters. The van der Waals surface area contributed by atoms with Gasteiger partial charge in [0.2, 0.25) is 0 Å². The first-order chi connectivity index (χ1) is 13.5. The molecule has 0 saturated carbocycles. The van der Waals surface area contributed by atoms with Gasteiger partial charge in [-0.1, -0.05) is 19.1 Å². The smallest absolute Gasteiger partial charge is 0.262 e. The van der Waals surface area contributed by atoms with Crippen LogP contribution in [0.15, 0.2) is 40.5 Å². The fourth-order valence-electron chi connectivity index (χ4n) is 3.44. The molecule has 0 bridgehead atoms. The molecule has 7 nitrogen and oxygen atoms in total. The molecule has 28 heavy (non-hydrogen) atoms. The summed E-state index contributed by atoms with van der Waals surface area (Å²) in [6.45, 7) is 2.06. The molecule has 3 aromatic rings. The van der Waals surface area contributed by atoms with Crippen molar-refractivity contribution in [2.75, 3.05) is 0 Å². The molecule has 1 aromatic carbocycles. The first-order valence-corrected chi connectivity index (χ1v) is 9.94. The van der Waals surface area contributed by atoms with E-state index in [0.29, 0.717) is 16.9 Å². The number of nitrogens with one attached hydrogen (secondary N) is 1. The molecule has 2 heterocycles. The van der Waals surface area contributed by atoms with Crippen LogP contribution in [0, 0.1) is 5.92 Å². The summed E-state index contributed by atoms with van der Waals surface area (Å²) in [6, 6.07) is 6.66. The van der Waals surface area contributed by atoms with Crippen molar-refractivity contribution in [1.82, 2.24) is 15.0 Å². The highest BCUT2D eigenvalue weighted by atomic mass is 32.1. The quantitative estimate of drug-likeness (QED) is 0.523. The van der Waals surface area contributed by atoms with E-state index < -0.39 is 5.91 Å². The van der Waals surface area contributed by atoms with Crippen LogP contribution in [-0.4, -0.2) is 26.8 Å².